The maximum Gasteiger partial charge on any atom is 0.0697 e. The third-order valence-electron chi connectivity index (χ3n) is 2.97. The number of aromatic nitrogens is 2. The minimum absolute atomic E-state index is 0.351. The van der Waals surface area contributed by atoms with Gasteiger partial charge < -0.3 is 5.32 Å². The summed E-state index contributed by atoms with van der Waals surface area (Å²) in [5, 5.41) is 19.4. The van der Waals surface area contributed by atoms with Gasteiger partial charge in [0.15, 0.2) is 0 Å². The Balaban J connectivity index is 2.04. The zero-order valence-corrected chi connectivity index (χ0v) is 11.3. The molecule has 0 fully saturated rings. The van der Waals surface area contributed by atoms with Crippen molar-refractivity contribution in [3.63, 3.8) is 0 Å². The van der Waals surface area contributed by atoms with E-state index in [1.54, 1.807) is 0 Å². The van der Waals surface area contributed by atoms with Crippen LogP contribution in [-0.4, -0.2) is 16.7 Å². The molecule has 0 atom stereocenters. The molecule has 1 aromatic carbocycles. The van der Waals surface area contributed by atoms with E-state index in [2.05, 4.69) is 33.7 Å². The second-order valence-corrected chi connectivity index (χ2v) is 5.24. The molecule has 2 rings (SSSR count). The molecule has 0 spiro atoms. The third-order valence-corrected chi connectivity index (χ3v) is 2.97. The molecule has 2 aromatic rings. The van der Waals surface area contributed by atoms with Crippen molar-refractivity contribution in [3.8, 4) is 17.3 Å². The summed E-state index contributed by atoms with van der Waals surface area (Å²) in [6.45, 7) is 5.20. The summed E-state index contributed by atoms with van der Waals surface area (Å²) < 4.78 is 0. The van der Waals surface area contributed by atoms with E-state index >= 15 is 0 Å². The summed E-state index contributed by atoms with van der Waals surface area (Å²) in [7, 11) is 0. The number of nitrogens with one attached hydrogen (secondary N) is 2. The van der Waals surface area contributed by atoms with Crippen LogP contribution in [0.2, 0.25) is 0 Å². The number of benzene rings is 1. The SMILES string of the molecule is CC(C)(C#N)CNCc1cn[nH]c1-c1ccccc1. The Labute approximate surface area is 113 Å². The number of rotatable bonds is 5. The molecule has 19 heavy (non-hydrogen) atoms. The first-order valence-corrected chi connectivity index (χ1v) is 6.32. The van der Waals surface area contributed by atoms with Gasteiger partial charge in [-0.3, -0.25) is 5.10 Å². The average Bonchev–Trinajstić information content (AvgIpc) is 2.88. The van der Waals surface area contributed by atoms with Gasteiger partial charge in [0.2, 0.25) is 0 Å². The fourth-order valence-corrected chi connectivity index (χ4v) is 1.85. The first-order valence-electron chi connectivity index (χ1n) is 6.32. The van der Waals surface area contributed by atoms with Crippen LogP contribution in [-0.2, 0) is 6.54 Å². The Kier molecular flexibility index (Phi) is 3.98. The second kappa shape index (κ2) is 5.68. The lowest BCUT2D eigenvalue weighted by Gasteiger charge is -2.15. The van der Waals surface area contributed by atoms with Crippen molar-refractivity contribution in [2.24, 2.45) is 5.41 Å². The number of H-pyrrole nitrogens is 1. The van der Waals surface area contributed by atoms with E-state index in [9.17, 15) is 0 Å². The Morgan fingerprint density at radius 3 is 2.74 bits per heavy atom. The summed E-state index contributed by atoms with van der Waals surface area (Å²) in [4.78, 5) is 0. The molecule has 0 unspecified atom stereocenters. The van der Waals surface area contributed by atoms with Crippen molar-refractivity contribution in [2.75, 3.05) is 6.54 Å². The quantitative estimate of drug-likeness (QED) is 0.862. The molecule has 1 aromatic heterocycles. The fraction of sp³-hybridized carbons (Fsp3) is 0.333. The molecule has 0 saturated heterocycles. The maximum atomic E-state index is 8.98. The van der Waals surface area contributed by atoms with Crippen molar-refractivity contribution >= 4 is 0 Å². The van der Waals surface area contributed by atoms with Crippen molar-refractivity contribution in [2.45, 2.75) is 20.4 Å². The highest BCUT2D eigenvalue weighted by atomic mass is 15.1. The van der Waals surface area contributed by atoms with Crippen molar-refractivity contribution < 1.29 is 0 Å². The predicted octanol–water partition coefficient (Wildman–Crippen LogP) is 2.72. The van der Waals surface area contributed by atoms with Gasteiger partial charge in [-0.2, -0.15) is 10.4 Å². The predicted molar refractivity (Wildman–Crippen MR) is 75.1 cm³/mol. The van der Waals surface area contributed by atoms with Crippen LogP contribution in [0.4, 0.5) is 0 Å². The monoisotopic (exact) mass is 254 g/mol. The van der Waals surface area contributed by atoms with Gasteiger partial charge in [-0.25, -0.2) is 0 Å². The van der Waals surface area contributed by atoms with E-state index in [4.69, 9.17) is 5.26 Å². The van der Waals surface area contributed by atoms with Gasteiger partial charge in [-0.05, 0) is 19.4 Å². The van der Waals surface area contributed by atoms with Crippen molar-refractivity contribution in [1.29, 1.82) is 5.26 Å². The summed E-state index contributed by atoms with van der Waals surface area (Å²) in [5.74, 6) is 0. The number of nitriles is 1. The van der Waals surface area contributed by atoms with Crippen molar-refractivity contribution in [1.82, 2.24) is 15.5 Å². The Hall–Kier alpha value is -2.12. The van der Waals surface area contributed by atoms with E-state index in [0.29, 0.717) is 13.1 Å². The number of aromatic amines is 1. The van der Waals surface area contributed by atoms with Gasteiger partial charge in [-0.1, -0.05) is 30.3 Å². The first-order chi connectivity index (χ1) is 9.12. The van der Waals surface area contributed by atoms with E-state index in [0.717, 1.165) is 16.8 Å². The Bertz CT molecular complexity index is 563. The minimum Gasteiger partial charge on any atom is -0.311 e. The highest BCUT2D eigenvalue weighted by Gasteiger charge is 2.16. The molecule has 2 N–H and O–H groups in total. The lowest BCUT2D eigenvalue weighted by atomic mass is 9.96. The average molecular weight is 254 g/mol. The first kappa shape index (κ1) is 13.3. The zero-order chi connectivity index (χ0) is 13.7. The Morgan fingerprint density at radius 2 is 2.05 bits per heavy atom. The molecule has 0 aliphatic carbocycles. The van der Waals surface area contributed by atoms with Crippen LogP contribution in [0.1, 0.15) is 19.4 Å². The number of nitrogens with zero attached hydrogens (tertiary/aromatic N) is 2. The lowest BCUT2D eigenvalue weighted by Crippen LogP contribution is -2.27. The Morgan fingerprint density at radius 1 is 1.32 bits per heavy atom. The maximum absolute atomic E-state index is 8.98. The van der Waals surface area contributed by atoms with Crippen LogP contribution in [0.15, 0.2) is 36.5 Å². The standard InChI is InChI=1S/C15H18N4/c1-15(2,10-16)11-17-8-13-9-18-19-14(13)12-6-4-3-5-7-12/h3-7,9,17H,8,11H2,1-2H3,(H,18,19). The molecule has 0 aliphatic rings. The summed E-state index contributed by atoms with van der Waals surface area (Å²) in [6.07, 6.45) is 1.83. The smallest absolute Gasteiger partial charge is 0.0697 e. The van der Waals surface area contributed by atoms with Gasteiger partial charge in [0.25, 0.3) is 0 Å². The van der Waals surface area contributed by atoms with Crippen LogP contribution in [0.3, 0.4) is 0 Å². The highest BCUT2D eigenvalue weighted by molar-refractivity contribution is 5.62. The second-order valence-electron chi connectivity index (χ2n) is 5.24. The molecule has 0 radical (unpaired) electrons. The molecule has 4 heteroatoms. The van der Waals surface area contributed by atoms with Crippen LogP contribution < -0.4 is 5.32 Å². The fourth-order valence-electron chi connectivity index (χ4n) is 1.85. The summed E-state index contributed by atoms with van der Waals surface area (Å²) >= 11 is 0. The molecule has 0 amide bonds. The summed E-state index contributed by atoms with van der Waals surface area (Å²) in [5.41, 5.74) is 2.91. The van der Waals surface area contributed by atoms with Crippen LogP contribution in [0, 0.1) is 16.7 Å². The van der Waals surface area contributed by atoms with Crippen LogP contribution in [0.5, 0.6) is 0 Å². The molecular weight excluding hydrogens is 236 g/mol. The van der Waals surface area contributed by atoms with E-state index < -0.39 is 0 Å². The van der Waals surface area contributed by atoms with Crippen molar-refractivity contribution in [3.05, 3.63) is 42.1 Å². The van der Waals surface area contributed by atoms with E-state index in [-0.39, 0.29) is 5.41 Å². The molecule has 98 valence electrons. The topological polar surface area (TPSA) is 64.5 Å². The minimum atomic E-state index is -0.351. The molecule has 0 saturated carbocycles. The van der Waals surface area contributed by atoms with Crippen LogP contribution >= 0.6 is 0 Å². The highest BCUT2D eigenvalue weighted by Crippen LogP contribution is 2.20. The molecular formula is C15H18N4. The van der Waals surface area contributed by atoms with Gasteiger partial charge in [-0.15, -0.1) is 0 Å². The lowest BCUT2D eigenvalue weighted by molar-refractivity contribution is 0.445. The van der Waals surface area contributed by atoms with E-state index in [1.165, 1.54) is 0 Å². The van der Waals surface area contributed by atoms with Gasteiger partial charge >= 0.3 is 0 Å². The number of hydrogen-bond donors (Lipinski definition) is 2. The number of hydrogen-bond acceptors (Lipinski definition) is 3. The summed E-state index contributed by atoms with van der Waals surface area (Å²) in [6, 6.07) is 12.4. The van der Waals surface area contributed by atoms with Gasteiger partial charge in [0.1, 0.15) is 0 Å². The third kappa shape index (κ3) is 3.43. The molecule has 1 heterocycles. The zero-order valence-electron chi connectivity index (χ0n) is 11.3. The largest absolute Gasteiger partial charge is 0.311 e. The van der Waals surface area contributed by atoms with Crippen LogP contribution in [0.25, 0.3) is 11.3 Å². The van der Waals surface area contributed by atoms with Gasteiger partial charge in [0.05, 0.1) is 23.4 Å². The van der Waals surface area contributed by atoms with Gasteiger partial charge in [0, 0.05) is 18.7 Å². The molecule has 4 nitrogen and oxygen atoms in total. The normalized spacial score (nSPS) is 11.2. The molecule has 0 bridgehead atoms. The molecule has 0 aliphatic heterocycles. The van der Waals surface area contributed by atoms with E-state index in [1.807, 2.05) is 38.2 Å².